The third-order valence-electron chi connectivity index (χ3n) is 5.02. The van der Waals surface area contributed by atoms with E-state index in [4.69, 9.17) is 4.74 Å². The van der Waals surface area contributed by atoms with Crippen molar-refractivity contribution in [2.45, 2.75) is 19.3 Å². The van der Waals surface area contributed by atoms with Gasteiger partial charge in [-0.2, -0.15) is 0 Å². The van der Waals surface area contributed by atoms with E-state index >= 15 is 0 Å². The second-order valence-electron chi connectivity index (χ2n) is 6.54. The van der Waals surface area contributed by atoms with Crippen molar-refractivity contribution in [3.8, 4) is 0 Å². The number of hydrogen-bond donors (Lipinski definition) is 1. The predicted octanol–water partition coefficient (Wildman–Crippen LogP) is -0.224. The molecule has 2 fully saturated rings. The highest BCUT2D eigenvalue weighted by Crippen LogP contribution is 2.34. The zero-order valence-electron chi connectivity index (χ0n) is 13.9. The Balaban J connectivity index is 1.38. The Labute approximate surface area is 142 Å². The number of imide groups is 1. The molecule has 0 aromatic rings. The Hall–Kier alpha value is -1.73. The van der Waals surface area contributed by atoms with E-state index in [1.165, 1.54) is 4.90 Å². The summed E-state index contributed by atoms with van der Waals surface area (Å²) in [7, 11) is 0. The lowest BCUT2D eigenvalue weighted by Gasteiger charge is -2.26. The minimum Gasteiger partial charge on any atom is -0.379 e. The number of rotatable bonds is 6. The van der Waals surface area contributed by atoms with Crippen LogP contribution in [0.2, 0.25) is 0 Å². The predicted molar refractivity (Wildman–Crippen MR) is 87.0 cm³/mol. The third kappa shape index (κ3) is 3.84. The molecule has 2 saturated heterocycles. The van der Waals surface area contributed by atoms with Gasteiger partial charge in [0.25, 0.3) is 0 Å². The van der Waals surface area contributed by atoms with Crippen LogP contribution in [-0.2, 0) is 19.1 Å². The van der Waals surface area contributed by atoms with Crippen LogP contribution in [0.25, 0.3) is 0 Å². The molecule has 7 nitrogen and oxygen atoms in total. The van der Waals surface area contributed by atoms with Gasteiger partial charge in [-0.3, -0.25) is 24.2 Å². The van der Waals surface area contributed by atoms with E-state index in [-0.39, 0.29) is 42.5 Å². The van der Waals surface area contributed by atoms with Gasteiger partial charge in [0.15, 0.2) is 0 Å². The maximum Gasteiger partial charge on any atom is 0.233 e. The number of hydrogen-bond acceptors (Lipinski definition) is 5. The van der Waals surface area contributed by atoms with Gasteiger partial charge in [-0.15, -0.1) is 0 Å². The van der Waals surface area contributed by atoms with Gasteiger partial charge >= 0.3 is 0 Å². The van der Waals surface area contributed by atoms with E-state index in [1.54, 1.807) is 0 Å². The lowest BCUT2D eigenvalue weighted by Crippen LogP contribution is -2.42. The van der Waals surface area contributed by atoms with Gasteiger partial charge in [0, 0.05) is 39.1 Å². The van der Waals surface area contributed by atoms with E-state index in [0.717, 1.165) is 32.8 Å². The number of morpholine rings is 1. The number of ether oxygens (including phenoxy) is 1. The molecule has 0 unspecified atom stereocenters. The quantitative estimate of drug-likeness (QED) is 0.536. The molecule has 0 radical (unpaired) electrons. The molecule has 0 bridgehead atoms. The molecule has 3 aliphatic rings. The van der Waals surface area contributed by atoms with E-state index < -0.39 is 0 Å². The van der Waals surface area contributed by atoms with Crippen molar-refractivity contribution in [3.05, 3.63) is 12.2 Å². The molecule has 2 atom stereocenters. The van der Waals surface area contributed by atoms with Crippen LogP contribution >= 0.6 is 0 Å². The fourth-order valence-electron chi connectivity index (χ4n) is 3.57. The standard InChI is InChI=1S/C17H25N3O4/c21-15(18-6-8-19-9-11-24-12-10-19)5-7-20-16(22)13-3-1-2-4-14(13)17(20)23/h1-2,13-14H,3-12H2,(H,18,21)/t13-,14+. The molecule has 132 valence electrons. The van der Waals surface area contributed by atoms with E-state index in [1.807, 2.05) is 12.2 Å². The van der Waals surface area contributed by atoms with Gasteiger partial charge in [0.05, 0.1) is 25.0 Å². The molecular formula is C17H25N3O4. The van der Waals surface area contributed by atoms with Crippen molar-refractivity contribution in [1.29, 1.82) is 0 Å². The zero-order valence-corrected chi connectivity index (χ0v) is 13.9. The highest BCUT2D eigenvalue weighted by molar-refractivity contribution is 6.05. The second kappa shape index (κ2) is 7.90. The number of amides is 3. The molecule has 0 spiro atoms. The van der Waals surface area contributed by atoms with Crippen molar-refractivity contribution in [3.63, 3.8) is 0 Å². The SMILES string of the molecule is O=C(CCN1C(=O)[C@H]2CC=CC[C@H]2C1=O)NCCN1CCOCC1. The number of carbonyl (C=O) groups excluding carboxylic acids is 3. The summed E-state index contributed by atoms with van der Waals surface area (Å²) in [6, 6.07) is 0. The van der Waals surface area contributed by atoms with Crippen molar-refractivity contribution < 1.29 is 19.1 Å². The highest BCUT2D eigenvalue weighted by Gasteiger charge is 2.46. The van der Waals surface area contributed by atoms with Gasteiger partial charge in [0.2, 0.25) is 17.7 Å². The molecule has 3 rings (SSSR count). The van der Waals surface area contributed by atoms with Gasteiger partial charge < -0.3 is 10.1 Å². The summed E-state index contributed by atoms with van der Waals surface area (Å²) in [5.74, 6) is -0.776. The molecule has 2 aliphatic heterocycles. The maximum absolute atomic E-state index is 12.3. The summed E-state index contributed by atoms with van der Waals surface area (Å²) < 4.78 is 5.28. The second-order valence-corrected chi connectivity index (χ2v) is 6.54. The van der Waals surface area contributed by atoms with Crippen LogP contribution in [0, 0.1) is 11.8 Å². The average molecular weight is 335 g/mol. The fraction of sp³-hybridized carbons (Fsp3) is 0.706. The third-order valence-corrected chi connectivity index (χ3v) is 5.02. The number of allylic oxidation sites excluding steroid dienone is 2. The summed E-state index contributed by atoms with van der Waals surface area (Å²) in [5.41, 5.74) is 0. The first-order valence-corrected chi connectivity index (χ1v) is 8.74. The Morgan fingerprint density at radius 1 is 1.08 bits per heavy atom. The monoisotopic (exact) mass is 335 g/mol. The van der Waals surface area contributed by atoms with Gasteiger partial charge in [0.1, 0.15) is 0 Å². The smallest absolute Gasteiger partial charge is 0.233 e. The number of fused-ring (bicyclic) bond motifs is 1. The number of nitrogens with zero attached hydrogens (tertiary/aromatic N) is 2. The lowest BCUT2D eigenvalue weighted by molar-refractivity contribution is -0.140. The first-order chi connectivity index (χ1) is 11.7. The van der Waals surface area contributed by atoms with Crippen molar-refractivity contribution in [2.75, 3.05) is 45.9 Å². The minimum absolute atomic E-state index is 0.114. The average Bonchev–Trinajstić information content (AvgIpc) is 2.85. The number of likely N-dealkylation sites (tertiary alicyclic amines) is 1. The molecule has 7 heteroatoms. The molecule has 24 heavy (non-hydrogen) atoms. The first-order valence-electron chi connectivity index (χ1n) is 8.74. The molecule has 0 aromatic heterocycles. The molecular weight excluding hydrogens is 310 g/mol. The Morgan fingerprint density at radius 3 is 2.33 bits per heavy atom. The van der Waals surface area contributed by atoms with Crippen molar-refractivity contribution >= 4 is 17.7 Å². The summed E-state index contributed by atoms with van der Waals surface area (Å²) >= 11 is 0. The van der Waals surface area contributed by atoms with Crippen LogP contribution in [0.1, 0.15) is 19.3 Å². The van der Waals surface area contributed by atoms with Crippen molar-refractivity contribution in [1.82, 2.24) is 15.1 Å². The molecule has 2 heterocycles. The summed E-state index contributed by atoms with van der Waals surface area (Å²) in [6.07, 6.45) is 5.38. The Kier molecular flexibility index (Phi) is 5.63. The van der Waals surface area contributed by atoms with Gasteiger partial charge in [-0.1, -0.05) is 12.2 Å². The van der Waals surface area contributed by atoms with Crippen LogP contribution in [0.5, 0.6) is 0 Å². The Morgan fingerprint density at radius 2 is 1.71 bits per heavy atom. The van der Waals surface area contributed by atoms with E-state index in [0.29, 0.717) is 19.4 Å². The summed E-state index contributed by atoms with van der Waals surface area (Å²) in [5, 5.41) is 2.86. The summed E-state index contributed by atoms with van der Waals surface area (Å²) in [6.45, 7) is 4.83. The van der Waals surface area contributed by atoms with Crippen LogP contribution in [-0.4, -0.2) is 73.5 Å². The molecule has 3 amide bonds. The van der Waals surface area contributed by atoms with Gasteiger partial charge in [-0.25, -0.2) is 0 Å². The maximum atomic E-state index is 12.3. The first kappa shape index (κ1) is 17.1. The molecule has 0 aromatic carbocycles. The van der Waals surface area contributed by atoms with Crippen molar-refractivity contribution in [2.24, 2.45) is 11.8 Å². The molecule has 1 N–H and O–H groups in total. The molecule has 1 aliphatic carbocycles. The fourth-order valence-corrected chi connectivity index (χ4v) is 3.57. The van der Waals surface area contributed by atoms with Crippen LogP contribution in [0.4, 0.5) is 0 Å². The zero-order chi connectivity index (χ0) is 16.9. The topological polar surface area (TPSA) is 79.0 Å². The normalized spacial score (nSPS) is 27.4. The highest BCUT2D eigenvalue weighted by atomic mass is 16.5. The minimum atomic E-state index is -0.216. The lowest BCUT2D eigenvalue weighted by atomic mass is 9.85. The Bertz CT molecular complexity index is 502. The van der Waals surface area contributed by atoms with E-state index in [9.17, 15) is 14.4 Å². The number of nitrogens with one attached hydrogen (secondary N) is 1. The summed E-state index contributed by atoms with van der Waals surface area (Å²) in [4.78, 5) is 40.1. The largest absolute Gasteiger partial charge is 0.379 e. The van der Waals surface area contributed by atoms with Crippen LogP contribution in [0.15, 0.2) is 12.2 Å². The molecule has 0 saturated carbocycles. The van der Waals surface area contributed by atoms with E-state index in [2.05, 4.69) is 10.2 Å². The number of carbonyl (C=O) groups is 3. The van der Waals surface area contributed by atoms with Crippen LogP contribution < -0.4 is 5.32 Å². The van der Waals surface area contributed by atoms with Crippen LogP contribution in [0.3, 0.4) is 0 Å². The van der Waals surface area contributed by atoms with Gasteiger partial charge in [-0.05, 0) is 12.8 Å².